The van der Waals surface area contributed by atoms with Crippen molar-refractivity contribution in [3.63, 3.8) is 0 Å². The maximum atomic E-state index is 11.2. The molecule has 0 N–H and O–H groups in total. The monoisotopic (exact) mass is 204 g/mol. The summed E-state index contributed by atoms with van der Waals surface area (Å²) in [5, 5.41) is 0. The highest BCUT2D eigenvalue weighted by Gasteiger charge is 2.33. The van der Waals surface area contributed by atoms with E-state index in [0.29, 0.717) is 6.42 Å². The van der Waals surface area contributed by atoms with Gasteiger partial charge in [0.15, 0.2) is 5.78 Å². The van der Waals surface area contributed by atoms with Crippen molar-refractivity contribution in [2.24, 2.45) is 11.8 Å². The Morgan fingerprint density at radius 1 is 1.38 bits per heavy atom. The molecule has 4 heteroatoms. The predicted octanol–water partition coefficient (Wildman–Crippen LogP) is 1.38. The standard InChI is InChI=1S/C9H13ClO3/c1-13-9(12)7-3-2-6(4-7)8(11)5-10/h6-7H,2-5H2,1H3. The first-order valence-corrected chi connectivity index (χ1v) is 4.89. The van der Waals surface area contributed by atoms with Crippen LogP contribution in [0.4, 0.5) is 0 Å². The third kappa shape index (κ3) is 2.44. The molecule has 74 valence electrons. The van der Waals surface area contributed by atoms with Crippen LogP contribution >= 0.6 is 11.6 Å². The topological polar surface area (TPSA) is 43.4 Å². The van der Waals surface area contributed by atoms with Gasteiger partial charge in [-0.3, -0.25) is 9.59 Å². The van der Waals surface area contributed by atoms with Crippen molar-refractivity contribution in [2.45, 2.75) is 19.3 Å². The first-order valence-electron chi connectivity index (χ1n) is 4.35. The number of ketones is 1. The summed E-state index contributed by atoms with van der Waals surface area (Å²) in [5.41, 5.74) is 0. The van der Waals surface area contributed by atoms with Gasteiger partial charge in [-0.2, -0.15) is 0 Å². The number of carbonyl (C=O) groups is 2. The Bertz CT molecular complexity index is 193. The van der Waals surface area contributed by atoms with Crippen molar-refractivity contribution in [1.82, 2.24) is 0 Å². The Kier molecular flexibility index (Phi) is 3.72. The molecule has 0 spiro atoms. The number of ether oxygens (including phenoxy) is 1. The lowest BCUT2D eigenvalue weighted by atomic mass is 10.0. The number of esters is 1. The maximum Gasteiger partial charge on any atom is 0.308 e. The van der Waals surface area contributed by atoms with E-state index in [1.165, 1.54) is 7.11 Å². The molecule has 0 aromatic rings. The van der Waals surface area contributed by atoms with Crippen LogP contribution < -0.4 is 0 Å². The molecule has 0 aromatic carbocycles. The van der Waals surface area contributed by atoms with E-state index in [2.05, 4.69) is 4.74 Å². The second-order valence-corrected chi connectivity index (χ2v) is 3.60. The van der Waals surface area contributed by atoms with Gasteiger partial charge in [0.25, 0.3) is 0 Å². The molecule has 0 saturated heterocycles. The molecule has 0 heterocycles. The molecule has 0 amide bonds. The SMILES string of the molecule is COC(=O)C1CCC(C(=O)CCl)C1. The number of carbonyl (C=O) groups excluding carboxylic acids is 2. The van der Waals surface area contributed by atoms with Crippen LogP contribution in [0.1, 0.15) is 19.3 Å². The zero-order valence-corrected chi connectivity index (χ0v) is 8.34. The van der Waals surface area contributed by atoms with E-state index in [-0.39, 0.29) is 29.5 Å². The molecular weight excluding hydrogens is 192 g/mol. The van der Waals surface area contributed by atoms with Gasteiger partial charge < -0.3 is 4.74 Å². The zero-order valence-electron chi connectivity index (χ0n) is 7.59. The Labute approximate surface area is 82.4 Å². The average molecular weight is 205 g/mol. The fourth-order valence-corrected chi connectivity index (χ4v) is 1.98. The van der Waals surface area contributed by atoms with Crippen LogP contribution in [-0.2, 0) is 14.3 Å². The van der Waals surface area contributed by atoms with Crippen molar-refractivity contribution in [2.75, 3.05) is 13.0 Å². The molecule has 2 atom stereocenters. The minimum absolute atomic E-state index is 0.0263. The van der Waals surface area contributed by atoms with Gasteiger partial charge in [0.05, 0.1) is 18.9 Å². The van der Waals surface area contributed by atoms with Crippen molar-refractivity contribution in [3.8, 4) is 0 Å². The summed E-state index contributed by atoms with van der Waals surface area (Å²) >= 11 is 5.43. The third-order valence-electron chi connectivity index (χ3n) is 2.55. The molecular formula is C9H13ClO3. The number of Topliss-reactive ketones (excluding diaryl/α,β-unsaturated/α-hetero) is 1. The van der Waals surface area contributed by atoms with Gasteiger partial charge in [-0.1, -0.05) is 0 Å². The summed E-state index contributed by atoms with van der Waals surface area (Å²) in [5.74, 6) is -0.222. The van der Waals surface area contributed by atoms with Gasteiger partial charge in [0, 0.05) is 5.92 Å². The van der Waals surface area contributed by atoms with Crippen molar-refractivity contribution in [3.05, 3.63) is 0 Å². The summed E-state index contributed by atoms with van der Waals surface area (Å²) < 4.78 is 4.61. The third-order valence-corrected chi connectivity index (χ3v) is 2.82. The number of hydrogen-bond acceptors (Lipinski definition) is 3. The molecule has 1 aliphatic carbocycles. The van der Waals surface area contributed by atoms with Gasteiger partial charge in [-0.25, -0.2) is 0 Å². The first kappa shape index (κ1) is 10.5. The minimum Gasteiger partial charge on any atom is -0.469 e. The lowest BCUT2D eigenvalue weighted by Crippen LogP contribution is -2.16. The number of hydrogen-bond donors (Lipinski definition) is 0. The van der Waals surface area contributed by atoms with Crippen LogP contribution in [0.15, 0.2) is 0 Å². The van der Waals surface area contributed by atoms with E-state index < -0.39 is 0 Å². The first-order chi connectivity index (χ1) is 6.19. The lowest BCUT2D eigenvalue weighted by Gasteiger charge is -2.06. The van der Waals surface area contributed by atoms with Crippen molar-refractivity contribution < 1.29 is 14.3 Å². The molecule has 2 unspecified atom stereocenters. The van der Waals surface area contributed by atoms with E-state index in [1.54, 1.807) is 0 Å². The quantitative estimate of drug-likeness (QED) is 0.515. The van der Waals surface area contributed by atoms with E-state index in [9.17, 15) is 9.59 Å². The second-order valence-electron chi connectivity index (χ2n) is 3.33. The van der Waals surface area contributed by atoms with Crippen LogP contribution in [0, 0.1) is 11.8 Å². The largest absolute Gasteiger partial charge is 0.469 e. The second kappa shape index (κ2) is 4.61. The number of alkyl halides is 1. The summed E-state index contributed by atoms with van der Waals surface area (Å²) in [6, 6.07) is 0. The fraction of sp³-hybridized carbons (Fsp3) is 0.778. The van der Waals surface area contributed by atoms with Gasteiger partial charge in [-0.05, 0) is 19.3 Å². The van der Waals surface area contributed by atoms with Crippen LogP contribution in [0.25, 0.3) is 0 Å². The summed E-state index contributed by atoms with van der Waals surface area (Å²) in [4.78, 5) is 22.3. The number of methoxy groups -OCH3 is 1. The highest BCUT2D eigenvalue weighted by Crippen LogP contribution is 2.32. The highest BCUT2D eigenvalue weighted by molar-refractivity contribution is 6.27. The Hall–Kier alpha value is -0.570. The highest BCUT2D eigenvalue weighted by atomic mass is 35.5. The van der Waals surface area contributed by atoms with E-state index in [1.807, 2.05) is 0 Å². The fourth-order valence-electron chi connectivity index (χ4n) is 1.76. The lowest BCUT2D eigenvalue weighted by molar-refractivity contribution is -0.145. The van der Waals surface area contributed by atoms with Crippen LogP contribution in [0.3, 0.4) is 0 Å². The molecule has 0 bridgehead atoms. The summed E-state index contributed by atoms with van der Waals surface area (Å²) in [7, 11) is 1.37. The van der Waals surface area contributed by atoms with Gasteiger partial charge in [-0.15, -0.1) is 11.6 Å². The molecule has 0 aromatic heterocycles. The van der Waals surface area contributed by atoms with Crippen molar-refractivity contribution in [1.29, 1.82) is 0 Å². The molecule has 1 rings (SSSR count). The maximum absolute atomic E-state index is 11.2. The van der Waals surface area contributed by atoms with E-state index >= 15 is 0 Å². The Morgan fingerprint density at radius 2 is 2.00 bits per heavy atom. The van der Waals surface area contributed by atoms with Crippen LogP contribution in [0.2, 0.25) is 0 Å². The summed E-state index contributed by atoms with van der Waals surface area (Å²) in [6.45, 7) is 0. The minimum atomic E-state index is -0.204. The predicted molar refractivity (Wildman–Crippen MR) is 48.6 cm³/mol. The molecule has 0 radical (unpaired) electrons. The molecule has 0 aliphatic heterocycles. The molecule has 1 aliphatic rings. The van der Waals surface area contributed by atoms with Crippen LogP contribution in [-0.4, -0.2) is 24.7 Å². The molecule has 1 saturated carbocycles. The molecule has 3 nitrogen and oxygen atoms in total. The molecule has 1 fully saturated rings. The number of rotatable bonds is 3. The Morgan fingerprint density at radius 3 is 2.54 bits per heavy atom. The van der Waals surface area contributed by atoms with Gasteiger partial charge in [0.1, 0.15) is 0 Å². The zero-order chi connectivity index (χ0) is 9.84. The Balaban J connectivity index is 2.44. The normalized spacial score (nSPS) is 27.2. The summed E-state index contributed by atoms with van der Waals surface area (Å²) in [6.07, 6.45) is 2.13. The molecule has 13 heavy (non-hydrogen) atoms. The number of halogens is 1. The average Bonchev–Trinajstić information content (AvgIpc) is 2.64. The smallest absolute Gasteiger partial charge is 0.308 e. The van der Waals surface area contributed by atoms with E-state index in [0.717, 1.165) is 12.8 Å². The van der Waals surface area contributed by atoms with Gasteiger partial charge >= 0.3 is 5.97 Å². The van der Waals surface area contributed by atoms with Crippen molar-refractivity contribution >= 4 is 23.4 Å². The van der Waals surface area contributed by atoms with Gasteiger partial charge in [0.2, 0.25) is 0 Å². The van der Waals surface area contributed by atoms with E-state index in [4.69, 9.17) is 11.6 Å². The van der Waals surface area contributed by atoms with Crippen LogP contribution in [0.5, 0.6) is 0 Å².